The van der Waals surface area contributed by atoms with E-state index in [9.17, 15) is 13.2 Å². The fraction of sp³-hybridized carbons (Fsp3) is 0.136. The molecule has 3 aromatic rings. The lowest BCUT2D eigenvalue weighted by molar-refractivity contribution is -0.115. The number of amides is 1. The number of carbonyl (C=O) groups is 1. The summed E-state index contributed by atoms with van der Waals surface area (Å²) >= 11 is 1.46. The molecule has 7 heteroatoms. The van der Waals surface area contributed by atoms with E-state index in [0.29, 0.717) is 11.4 Å². The Labute approximate surface area is 175 Å². The SMILES string of the molecule is Cc1ccc(NS(=O)(=O)c2ccc(NC(=O)C(C)Sc3ccccc3)cc2)cc1. The normalized spacial score (nSPS) is 12.2. The number of hydrogen-bond donors (Lipinski definition) is 2. The second-order valence-corrected chi connectivity index (χ2v) is 9.65. The van der Waals surface area contributed by atoms with Crippen molar-refractivity contribution in [3.63, 3.8) is 0 Å². The summed E-state index contributed by atoms with van der Waals surface area (Å²) in [7, 11) is -3.70. The molecule has 29 heavy (non-hydrogen) atoms. The molecule has 0 heterocycles. The van der Waals surface area contributed by atoms with Gasteiger partial charge in [-0.1, -0.05) is 35.9 Å². The van der Waals surface area contributed by atoms with Crippen LogP contribution >= 0.6 is 11.8 Å². The van der Waals surface area contributed by atoms with Gasteiger partial charge in [0.15, 0.2) is 0 Å². The topological polar surface area (TPSA) is 75.3 Å². The molecule has 1 amide bonds. The highest BCUT2D eigenvalue weighted by atomic mass is 32.2. The van der Waals surface area contributed by atoms with Gasteiger partial charge in [0.05, 0.1) is 10.1 Å². The van der Waals surface area contributed by atoms with Crippen molar-refractivity contribution in [2.45, 2.75) is 28.9 Å². The number of nitrogens with one attached hydrogen (secondary N) is 2. The monoisotopic (exact) mass is 426 g/mol. The van der Waals surface area contributed by atoms with Crippen LogP contribution in [0.25, 0.3) is 0 Å². The first kappa shape index (κ1) is 21.0. The molecule has 0 aliphatic heterocycles. The van der Waals surface area contributed by atoms with Crippen molar-refractivity contribution in [1.29, 1.82) is 0 Å². The van der Waals surface area contributed by atoms with Gasteiger partial charge in [-0.2, -0.15) is 0 Å². The van der Waals surface area contributed by atoms with Crippen LogP contribution in [0.15, 0.2) is 88.7 Å². The molecule has 0 radical (unpaired) electrons. The summed E-state index contributed by atoms with van der Waals surface area (Å²) in [5, 5.41) is 2.53. The lowest BCUT2D eigenvalue weighted by Gasteiger charge is -2.13. The summed E-state index contributed by atoms with van der Waals surface area (Å²) in [6.07, 6.45) is 0. The minimum atomic E-state index is -3.70. The largest absolute Gasteiger partial charge is 0.325 e. The zero-order chi connectivity index (χ0) is 20.9. The van der Waals surface area contributed by atoms with Gasteiger partial charge >= 0.3 is 0 Å². The lowest BCUT2D eigenvalue weighted by atomic mass is 10.2. The summed E-state index contributed by atoms with van der Waals surface area (Å²) < 4.78 is 27.6. The summed E-state index contributed by atoms with van der Waals surface area (Å²) in [4.78, 5) is 13.5. The number of thioether (sulfide) groups is 1. The smallest absolute Gasteiger partial charge is 0.261 e. The first-order valence-electron chi connectivity index (χ1n) is 9.05. The van der Waals surface area contributed by atoms with Crippen LogP contribution in [0.2, 0.25) is 0 Å². The summed E-state index contributed by atoms with van der Waals surface area (Å²) in [5.74, 6) is -0.146. The summed E-state index contributed by atoms with van der Waals surface area (Å²) in [6, 6.07) is 22.9. The van der Waals surface area contributed by atoms with Gasteiger partial charge in [-0.15, -0.1) is 11.8 Å². The Balaban J connectivity index is 1.63. The Morgan fingerprint density at radius 1 is 0.862 bits per heavy atom. The third-order valence-corrected chi connectivity index (χ3v) is 6.67. The van der Waals surface area contributed by atoms with Gasteiger partial charge in [0.2, 0.25) is 5.91 Å². The molecule has 0 saturated heterocycles. The minimum absolute atomic E-state index is 0.128. The molecule has 5 nitrogen and oxygen atoms in total. The quantitative estimate of drug-likeness (QED) is 0.526. The van der Waals surface area contributed by atoms with E-state index >= 15 is 0 Å². The van der Waals surface area contributed by atoms with E-state index in [1.165, 1.54) is 23.9 Å². The highest BCUT2D eigenvalue weighted by Crippen LogP contribution is 2.24. The summed E-state index contributed by atoms with van der Waals surface area (Å²) in [5.41, 5.74) is 2.09. The molecule has 3 aromatic carbocycles. The maximum absolute atomic E-state index is 12.5. The lowest BCUT2D eigenvalue weighted by Crippen LogP contribution is -2.22. The van der Waals surface area contributed by atoms with Crippen molar-refractivity contribution in [3.8, 4) is 0 Å². The van der Waals surface area contributed by atoms with E-state index in [1.54, 1.807) is 24.3 Å². The highest BCUT2D eigenvalue weighted by molar-refractivity contribution is 8.00. The van der Waals surface area contributed by atoms with Crippen molar-refractivity contribution < 1.29 is 13.2 Å². The maximum atomic E-state index is 12.5. The van der Waals surface area contributed by atoms with Crippen molar-refractivity contribution in [1.82, 2.24) is 0 Å². The minimum Gasteiger partial charge on any atom is -0.325 e. The molecule has 150 valence electrons. The van der Waals surface area contributed by atoms with E-state index < -0.39 is 10.0 Å². The number of sulfonamides is 1. The second-order valence-electron chi connectivity index (χ2n) is 6.56. The van der Waals surface area contributed by atoms with Gasteiger partial charge in [0.1, 0.15) is 0 Å². The van der Waals surface area contributed by atoms with Crippen LogP contribution in [0.4, 0.5) is 11.4 Å². The van der Waals surface area contributed by atoms with Crippen molar-refractivity contribution in [3.05, 3.63) is 84.4 Å². The molecule has 0 fully saturated rings. The Hall–Kier alpha value is -2.77. The van der Waals surface area contributed by atoms with Crippen LogP contribution in [0.3, 0.4) is 0 Å². The molecule has 3 rings (SSSR count). The predicted octanol–water partition coefficient (Wildman–Crippen LogP) is 4.92. The van der Waals surface area contributed by atoms with Gasteiger partial charge < -0.3 is 5.32 Å². The first-order valence-corrected chi connectivity index (χ1v) is 11.4. The molecule has 0 aromatic heterocycles. The predicted molar refractivity (Wildman–Crippen MR) is 119 cm³/mol. The molecule has 1 atom stereocenters. The van der Waals surface area contributed by atoms with E-state index in [4.69, 9.17) is 0 Å². The van der Waals surface area contributed by atoms with Crippen LogP contribution in [0, 0.1) is 6.92 Å². The third-order valence-electron chi connectivity index (χ3n) is 4.16. The molecule has 0 saturated carbocycles. The molecule has 0 bridgehead atoms. The molecule has 0 aliphatic carbocycles. The fourth-order valence-corrected chi connectivity index (χ4v) is 4.50. The van der Waals surface area contributed by atoms with Gasteiger partial charge in [-0.3, -0.25) is 9.52 Å². The molecule has 1 unspecified atom stereocenters. The third kappa shape index (κ3) is 5.85. The average molecular weight is 427 g/mol. The van der Waals surface area contributed by atoms with Crippen LogP contribution in [0.5, 0.6) is 0 Å². The first-order chi connectivity index (χ1) is 13.8. The van der Waals surface area contributed by atoms with Gasteiger partial charge in [-0.25, -0.2) is 8.42 Å². The van der Waals surface area contributed by atoms with E-state index in [1.807, 2.05) is 56.3 Å². The number of aryl methyl sites for hydroxylation is 1. The fourth-order valence-electron chi connectivity index (χ4n) is 2.55. The van der Waals surface area contributed by atoms with Gasteiger partial charge in [0, 0.05) is 16.3 Å². The number of anilines is 2. The molecule has 0 aliphatic rings. The Morgan fingerprint density at radius 3 is 2.07 bits per heavy atom. The molecular formula is C22H22N2O3S2. The van der Waals surface area contributed by atoms with E-state index in [0.717, 1.165) is 10.5 Å². The number of hydrogen-bond acceptors (Lipinski definition) is 4. The zero-order valence-electron chi connectivity index (χ0n) is 16.1. The highest BCUT2D eigenvalue weighted by Gasteiger charge is 2.17. The molecule has 0 spiro atoms. The van der Waals surface area contributed by atoms with Crippen molar-refractivity contribution in [2.75, 3.05) is 10.0 Å². The molecular weight excluding hydrogens is 404 g/mol. The number of rotatable bonds is 7. The zero-order valence-corrected chi connectivity index (χ0v) is 17.8. The second kappa shape index (κ2) is 9.15. The molecule has 2 N–H and O–H groups in total. The van der Waals surface area contributed by atoms with Crippen LogP contribution in [-0.2, 0) is 14.8 Å². The van der Waals surface area contributed by atoms with Crippen molar-refractivity contribution in [2.24, 2.45) is 0 Å². The van der Waals surface area contributed by atoms with Gasteiger partial charge in [-0.05, 0) is 62.4 Å². The Morgan fingerprint density at radius 2 is 1.45 bits per heavy atom. The maximum Gasteiger partial charge on any atom is 0.261 e. The van der Waals surface area contributed by atoms with Crippen LogP contribution in [-0.4, -0.2) is 19.6 Å². The number of benzene rings is 3. The number of carbonyl (C=O) groups excluding carboxylic acids is 1. The van der Waals surface area contributed by atoms with Crippen LogP contribution in [0.1, 0.15) is 12.5 Å². The standard InChI is InChI=1S/C22H22N2O3S2/c1-16-8-10-19(11-9-16)24-29(26,27)21-14-12-18(13-15-21)23-22(25)17(2)28-20-6-4-3-5-7-20/h3-15,17,24H,1-2H3,(H,23,25). The summed E-state index contributed by atoms with van der Waals surface area (Å²) in [6.45, 7) is 3.77. The van der Waals surface area contributed by atoms with E-state index in [-0.39, 0.29) is 16.1 Å². The van der Waals surface area contributed by atoms with E-state index in [2.05, 4.69) is 10.0 Å². The Kier molecular flexibility index (Phi) is 6.61. The Bertz CT molecular complexity index is 1070. The van der Waals surface area contributed by atoms with Crippen LogP contribution < -0.4 is 10.0 Å². The van der Waals surface area contributed by atoms with Gasteiger partial charge in [0.25, 0.3) is 10.0 Å². The average Bonchev–Trinajstić information content (AvgIpc) is 2.71. The van der Waals surface area contributed by atoms with Crippen molar-refractivity contribution >= 4 is 39.1 Å².